The van der Waals surface area contributed by atoms with Crippen molar-refractivity contribution in [3.8, 4) is 5.19 Å². The standard InChI is InChI=1S/C26H32ClF2N3O4S/c27-19-3-1-2-17(12-19)6-9-24(34)30-20-7-4-18(5-8-20)13-25(36-16-33)32-11-10-22-21(14-32)31-26(37-22)35-15-23(28)29/h1-3,12,16,18,20,23,25H,4-11,13-15H2,(H,30,34). The van der Waals surface area contributed by atoms with Crippen molar-refractivity contribution < 1.29 is 27.8 Å². The second-order valence-electron chi connectivity index (χ2n) is 9.61. The summed E-state index contributed by atoms with van der Waals surface area (Å²) in [5.74, 6) is 0.432. The highest BCUT2D eigenvalue weighted by Crippen LogP contribution is 2.34. The second-order valence-corrected chi connectivity index (χ2v) is 11.1. The molecule has 1 aromatic carbocycles. The van der Waals surface area contributed by atoms with Crippen LogP contribution in [0.25, 0.3) is 0 Å². The molecule has 11 heteroatoms. The van der Waals surface area contributed by atoms with Gasteiger partial charge in [-0.25, -0.2) is 13.8 Å². The minimum atomic E-state index is -2.54. The molecular formula is C26H32ClF2N3O4S. The molecule has 1 aromatic heterocycles. The molecule has 2 aromatic rings. The molecule has 37 heavy (non-hydrogen) atoms. The lowest BCUT2D eigenvalue weighted by molar-refractivity contribution is -0.147. The van der Waals surface area contributed by atoms with Gasteiger partial charge in [-0.05, 0) is 62.1 Å². The molecule has 2 heterocycles. The average molecular weight is 556 g/mol. The number of alkyl halides is 2. The highest BCUT2D eigenvalue weighted by molar-refractivity contribution is 7.13. The van der Waals surface area contributed by atoms with Gasteiger partial charge in [0.15, 0.2) is 12.8 Å². The second kappa shape index (κ2) is 13.5. The van der Waals surface area contributed by atoms with Crippen molar-refractivity contribution in [3.05, 3.63) is 45.4 Å². The SMILES string of the molecule is O=COC(CC1CCC(NC(=O)CCc2cccc(Cl)c2)CC1)N1CCc2sc(OCC(F)F)nc2C1. The largest absolute Gasteiger partial charge is 0.464 e. The molecule has 0 spiro atoms. The Bertz CT molecular complexity index is 1050. The van der Waals surface area contributed by atoms with Crippen LogP contribution in [0.1, 0.15) is 54.7 Å². The molecular weight excluding hydrogens is 524 g/mol. The number of benzene rings is 1. The van der Waals surface area contributed by atoms with Gasteiger partial charge in [0.2, 0.25) is 5.91 Å². The van der Waals surface area contributed by atoms with E-state index in [0.29, 0.717) is 56.2 Å². The van der Waals surface area contributed by atoms with Gasteiger partial charge >= 0.3 is 0 Å². The van der Waals surface area contributed by atoms with E-state index in [2.05, 4.69) is 15.2 Å². The van der Waals surface area contributed by atoms with Crippen molar-refractivity contribution >= 4 is 35.3 Å². The zero-order valence-corrected chi connectivity index (χ0v) is 22.1. The fraction of sp³-hybridized carbons (Fsp3) is 0.577. The number of hydrogen-bond donors (Lipinski definition) is 1. The van der Waals surface area contributed by atoms with Gasteiger partial charge in [0.05, 0.1) is 5.69 Å². The first-order valence-electron chi connectivity index (χ1n) is 12.7. The van der Waals surface area contributed by atoms with Gasteiger partial charge in [-0.15, -0.1) is 0 Å². The van der Waals surface area contributed by atoms with Crippen LogP contribution in [-0.4, -0.2) is 54.1 Å². The van der Waals surface area contributed by atoms with E-state index in [-0.39, 0.29) is 23.4 Å². The lowest BCUT2D eigenvalue weighted by Gasteiger charge is -2.36. The highest BCUT2D eigenvalue weighted by Gasteiger charge is 2.31. The van der Waals surface area contributed by atoms with E-state index in [9.17, 15) is 18.4 Å². The van der Waals surface area contributed by atoms with Crippen molar-refractivity contribution in [2.24, 2.45) is 5.92 Å². The zero-order chi connectivity index (χ0) is 26.2. The van der Waals surface area contributed by atoms with E-state index < -0.39 is 13.0 Å². The molecule has 1 fully saturated rings. The lowest BCUT2D eigenvalue weighted by atomic mass is 9.83. The Morgan fingerprint density at radius 2 is 2.11 bits per heavy atom. The topological polar surface area (TPSA) is 80.8 Å². The fourth-order valence-electron chi connectivity index (χ4n) is 5.07. The summed E-state index contributed by atoms with van der Waals surface area (Å²) in [6, 6.07) is 7.73. The quantitative estimate of drug-likeness (QED) is 0.371. The van der Waals surface area contributed by atoms with Crippen LogP contribution >= 0.6 is 22.9 Å². The van der Waals surface area contributed by atoms with E-state index in [1.165, 1.54) is 11.3 Å². The van der Waals surface area contributed by atoms with Crippen LogP contribution in [0.2, 0.25) is 5.02 Å². The highest BCUT2D eigenvalue weighted by atomic mass is 35.5. The van der Waals surface area contributed by atoms with E-state index in [0.717, 1.165) is 41.8 Å². The maximum atomic E-state index is 12.4. The van der Waals surface area contributed by atoms with Crippen molar-refractivity contribution in [2.75, 3.05) is 13.2 Å². The molecule has 0 radical (unpaired) electrons. The first-order valence-corrected chi connectivity index (χ1v) is 13.9. The van der Waals surface area contributed by atoms with Gasteiger partial charge < -0.3 is 14.8 Å². The Kier molecular flexibility index (Phi) is 10.1. The van der Waals surface area contributed by atoms with Gasteiger partial charge in [0.25, 0.3) is 18.1 Å². The third-order valence-corrected chi connectivity index (χ3v) is 8.27. The van der Waals surface area contributed by atoms with E-state index in [1.54, 1.807) is 0 Å². The number of hydrogen-bond acceptors (Lipinski definition) is 7. The first-order chi connectivity index (χ1) is 17.9. The summed E-state index contributed by atoms with van der Waals surface area (Å²) >= 11 is 7.32. The molecule has 4 rings (SSSR count). The average Bonchev–Trinajstić information content (AvgIpc) is 3.29. The molecule has 0 bridgehead atoms. The molecule has 1 aliphatic heterocycles. The molecule has 0 saturated heterocycles. The fourth-order valence-corrected chi connectivity index (χ4v) is 6.20. The van der Waals surface area contributed by atoms with Crippen LogP contribution in [0.4, 0.5) is 8.78 Å². The smallest absolute Gasteiger partial charge is 0.294 e. The van der Waals surface area contributed by atoms with Gasteiger partial charge in [0.1, 0.15) is 0 Å². The molecule has 1 atom stereocenters. The first kappa shape index (κ1) is 27.7. The number of thiazole rings is 1. The van der Waals surface area contributed by atoms with Crippen LogP contribution < -0.4 is 10.1 Å². The van der Waals surface area contributed by atoms with Crippen molar-refractivity contribution in [2.45, 2.75) is 76.6 Å². The normalized spacial score (nSPS) is 20.8. The van der Waals surface area contributed by atoms with Gasteiger partial charge in [-0.2, -0.15) is 0 Å². The monoisotopic (exact) mass is 555 g/mol. The number of rotatable bonds is 12. The molecule has 7 nitrogen and oxygen atoms in total. The zero-order valence-electron chi connectivity index (χ0n) is 20.5. The van der Waals surface area contributed by atoms with Crippen LogP contribution in [0.15, 0.2) is 24.3 Å². The van der Waals surface area contributed by atoms with E-state index >= 15 is 0 Å². The molecule has 1 saturated carbocycles. The number of amides is 1. The Hall–Kier alpha value is -2.30. The van der Waals surface area contributed by atoms with Crippen LogP contribution in [0.3, 0.4) is 0 Å². The summed E-state index contributed by atoms with van der Waals surface area (Å²) in [4.78, 5) is 31.2. The molecule has 1 unspecified atom stereocenters. The number of aryl methyl sites for hydroxylation is 1. The maximum absolute atomic E-state index is 12.4. The minimum Gasteiger partial charge on any atom is -0.464 e. The summed E-state index contributed by atoms with van der Waals surface area (Å²) < 4.78 is 35.4. The number of nitrogens with zero attached hydrogens (tertiary/aromatic N) is 2. The van der Waals surface area contributed by atoms with Gasteiger partial charge in [-0.3, -0.25) is 14.5 Å². The number of nitrogens with one attached hydrogen (secondary N) is 1. The summed E-state index contributed by atoms with van der Waals surface area (Å²) in [5, 5.41) is 4.09. The maximum Gasteiger partial charge on any atom is 0.294 e. The molecule has 202 valence electrons. The van der Waals surface area contributed by atoms with Crippen molar-refractivity contribution in [3.63, 3.8) is 0 Å². The lowest BCUT2D eigenvalue weighted by Crippen LogP contribution is -2.43. The van der Waals surface area contributed by atoms with E-state index in [4.69, 9.17) is 21.1 Å². The van der Waals surface area contributed by atoms with Crippen molar-refractivity contribution in [1.82, 2.24) is 15.2 Å². The van der Waals surface area contributed by atoms with Crippen LogP contribution in [0, 0.1) is 5.92 Å². The summed E-state index contributed by atoms with van der Waals surface area (Å²) in [7, 11) is 0. The number of carbonyl (C=O) groups excluding carboxylic acids is 2. The van der Waals surface area contributed by atoms with Crippen LogP contribution in [0.5, 0.6) is 5.19 Å². The molecule has 1 aliphatic carbocycles. The molecule has 1 N–H and O–H groups in total. The molecule has 2 aliphatic rings. The Morgan fingerprint density at radius 1 is 1.30 bits per heavy atom. The Morgan fingerprint density at radius 3 is 2.84 bits per heavy atom. The summed E-state index contributed by atoms with van der Waals surface area (Å²) in [6.45, 7) is 1.00. The third kappa shape index (κ3) is 8.35. The number of aromatic nitrogens is 1. The number of ether oxygens (including phenoxy) is 2. The summed E-state index contributed by atoms with van der Waals surface area (Å²) in [6.07, 6.45) is 3.26. The number of halogens is 3. The minimum absolute atomic E-state index is 0.0508. The van der Waals surface area contributed by atoms with Crippen LogP contribution in [-0.2, 0) is 33.7 Å². The number of fused-ring (bicyclic) bond motifs is 1. The summed E-state index contributed by atoms with van der Waals surface area (Å²) in [5.41, 5.74) is 1.84. The Balaban J connectivity index is 1.22. The van der Waals surface area contributed by atoms with E-state index in [1.807, 2.05) is 24.3 Å². The predicted molar refractivity (Wildman–Crippen MR) is 137 cm³/mol. The van der Waals surface area contributed by atoms with Gasteiger partial charge in [0, 0.05) is 41.9 Å². The third-order valence-electron chi connectivity index (χ3n) is 6.97. The molecule has 1 amide bonds. The number of carbonyl (C=O) groups is 2. The predicted octanol–water partition coefficient (Wildman–Crippen LogP) is 5.00. The Labute approximate surface area is 224 Å². The van der Waals surface area contributed by atoms with Crippen molar-refractivity contribution in [1.29, 1.82) is 0 Å². The van der Waals surface area contributed by atoms with Gasteiger partial charge in [-0.1, -0.05) is 35.1 Å².